The highest BCUT2D eigenvalue weighted by Gasteiger charge is 1.97. The summed E-state index contributed by atoms with van der Waals surface area (Å²) in [5.74, 6) is 0.139. The fourth-order valence-electron chi connectivity index (χ4n) is 0.634. The number of hydrogen-bond donors (Lipinski definition) is 1. The lowest BCUT2D eigenvalue weighted by atomic mass is 10.3. The molecule has 0 aliphatic heterocycles. The van der Waals surface area contributed by atoms with E-state index in [1.165, 1.54) is 0 Å². The first-order valence-corrected chi connectivity index (χ1v) is 4.93. The van der Waals surface area contributed by atoms with Crippen LogP contribution in [0.25, 0.3) is 0 Å². The molecule has 0 radical (unpaired) electrons. The van der Waals surface area contributed by atoms with E-state index < -0.39 is 11.1 Å². The maximum atomic E-state index is 10.3. The molecule has 0 spiro atoms. The maximum Gasteiger partial charge on any atom is 0.157 e. The lowest BCUT2D eigenvalue weighted by Gasteiger charge is -1.95. The van der Waals surface area contributed by atoms with Crippen molar-refractivity contribution >= 4 is 27.0 Å². The lowest BCUT2D eigenvalue weighted by Crippen LogP contribution is -1.93. The van der Waals surface area contributed by atoms with Crippen molar-refractivity contribution in [3.8, 4) is 0 Å². The predicted molar refractivity (Wildman–Crippen MR) is 46.4 cm³/mol. The molecule has 0 aromatic carbocycles. The topological polar surface area (TPSA) is 50.2 Å². The van der Waals surface area contributed by atoms with Gasteiger partial charge in [-0.25, -0.2) is 9.19 Å². The van der Waals surface area contributed by atoms with Crippen LogP contribution in [0.5, 0.6) is 0 Å². The minimum absolute atomic E-state index is 0.139. The SMILES string of the molecule is O=S(O)Cc1ccc(Br)nc1. The Kier molecular flexibility index (Phi) is 3.16. The molecule has 11 heavy (non-hydrogen) atoms. The van der Waals surface area contributed by atoms with Crippen molar-refractivity contribution in [3.63, 3.8) is 0 Å². The molecular weight excluding hydrogens is 230 g/mol. The minimum Gasteiger partial charge on any atom is -0.306 e. The second kappa shape index (κ2) is 3.94. The van der Waals surface area contributed by atoms with Crippen LogP contribution in [0.15, 0.2) is 22.9 Å². The number of nitrogens with zero attached hydrogens (tertiary/aromatic N) is 1. The summed E-state index contributed by atoms with van der Waals surface area (Å²) < 4.78 is 19.6. The predicted octanol–water partition coefficient (Wildman–Crippen LogP) is 1.57. The van der Waals surface area contributed by atoms with Crippen LogP contribution in [0.4, 0.5) is 0 Å². The molecule has 0 bridgehead atoms. The molecule has 3 nitrogen and oxygen atoms in total. The minimum atomic E-state index is -1.78. The summed E-state index contributed by atoms with van der Waals surface area (Å²) >= 11 is 1.38. The van der Waals surface area contributed by atoms with Gasteiger partial charge in [-0.15, -0.1) is 0 Å². The first-order chi connectivity index (χ1) is 5.18. The molecule has 1 heterocycles. The number of halogens is 1. The third-order valence-electron chi connectivity index (χ3n) is 1.08. The highest BCUT2D eigenvalue weighted by Crippen LogP contribution is 2.07. The molecule has 0 saturated heterocycles. The Morgan fingerprint density at radius 2 is 2.36 bits per heavy atom. The van der Waals surface area contributed by atoms with E-state index in [1.807, 2.05) is 0 Å². The third kappa shape index (κ3) is 3.09. The van der Waals surface area contributed by atoms with Crippen LogP contribution in [0.1, 0.15) is 5.56 Å². The summed E-state index contributed by atoms with van der Waals surface area (Å²) in [4.78, 5) is 3.90. The van der Waals surface area contributed by atoms with Crippen molar-refractivity contribution in [1.29, 1.82) is 0 Å². The van der Waals surface area contributed by atoms with Crippen LogP contribution < -0.4 is 0 Å². The highest BCUT2D eigenvalue weighted by atomic mass is 79.9. The van der Waals surface area contributed by atoms with Gasteiger partial charge in [0.2, 0.25) is 0 Å². The van der Waals surface area contributed by atoms with Crippen molar-refractivity contribution in [2.24, 2.45) is 0 Å². The molecule has 1 unspecified atom stereocenters. The zero-order valence-corrected chi connectivity index (χ0v) is 7.93. The quantitative estimate of drug-likeness (QED) is 0.626. The molecule has 1 N–H and O–H groups in total. The largest absolute Gasteiger partial charge is 0.306 e. The Balaban J connectivity index is 2.74. The monoisotopic (exact) mass is 235 g/mol. The van der Waals surface area contributed by atoms with E-state index in [0.717, 1.165) is 10.2 Å². The van der Waals surface area contributed by atoms with Crippen LogP contribution in [-0.4, -0.2) is 13.7 Å². The van der Waals surface area contributed by atoms with Gasteiger partial charge in [-0.1, -0.05) is 6.07 Å². The lowest BCUT2D eigenvalue weighted by molar-refractivity contribution is 0.563. The Labute approximate surface area is 75.3 Å². The van der Waals surface area contributed by atoms with Gasteiger partial charge < -0.3 is 4.55 Å². The highest BCUT2D eigenvalue weighted by molar-refractivity contribution is 9.10. The summed E-state index contributed by atoms with van der Waals surface area (Å²) in [6.45, 7) is 0. The van der Waals surface area contributed by atoms with E-state index in [2.05, 4.69) is 20.9 Å². The Hall–Kier alpha value is -0.260. The normalized spacial score (nSPS) is 12.9. The first kappa shape index (κ1) is 8.83. The molecule has 1 aromatic heterocycles. The first-order valence-electron chi connectivity index (χ1n) is 2.86. The number of pyridine rings is 1. The van der Waals surface area contributed by atoms with Crippen molar-refractivity contribution in [1.82, 2.24) is 4.98 Å². The third-order valence-corrected chi connectivity index (χ3v) is 2.13. The standard InChI is InChI=1S/C6H6BrNO2S/c7-6-2-1-5(3-8-6)4-11(9)10/h1-3H,4H2,(H,9,10). The summed E-state index contributed by atoms with van der Waals surface area (Å²) in [6, 6.07) is 3.49. The molecule has 1 aromatic rings. The van der Waals surface area contributed by atoms with E-state index >= 15 is 0 Å². The van der Waals surface area contributed by atoms with Crippen molar-refractivity contribution in [2.45, 2.75) is 5.75 Å². The summed E-state index contributed by atoms with van der Waals surface area (Å²) in [5, 5.41) is 0. The van der Waals surface area contributed by atoms with Crippen molar-refractivity contribution in [3.05, 3.63) is 28.5 Å². The molecule has 0 fully saturated rings. The smallest absolute Gasteiger partial charge is 0.157 e. The van der Waals surface area contributed by atoms with Gasteiger partial charge >= 0.3 is 0 Å². The van der Waals surface area contributed by atoms with Gasteiger partial charge in [0.1, 0.15) is 4.60 Å². The molecule has 0 aliphatic carbocycles. The van der Waals surface area contributed by atoms with Gasteiger partial charge in [-0.05, 0) is 27.6 Å². The van der Waals surface area contributed by atoms with E-state index in [-0.39, 0.29) is 5.75 Å². The second-order valence-electron chi connectivity index (χ2n) is 1.95. The number of aromatic nitrogens is 1. The molecule has 0 aliphatic rings. The van der Waals surface area contributed by atoms with E-state index in [1.54, 1.807) is 18.3 Å². The molecule has 1 atom stereocenters. The fraction of sp³-hybridized carbons (Fsp3) is 0.167. The average molecular weight is 236 g/mol. The molecule has 0 saturated carbocycles. The van der Waals surface area contributed by atoms with Crippen LogP contribution in [0, 0.1) is 0 Å². The van der Waals surface area contributed by atoms with Gasteiger partial charge in [0.25, 0.3) is 0 Å². The Morgan fingerprint density at radius 3 is 2.82 bits per heavy atom. The summed E-state index contributed by atoms with van der Waals surface area (Å²) in [5.41, 5.74) is 0.758. The van der Waals surface area contributed by atoms with Gasteiger partial charge in [-0.2, -0.15) is 0 Å². The van der Waals surface area contributed by atoms with E-state index in [0.29, 0.717) is 0 Å². The number of hydrogen-bond acceptors (Lipinski definition) is 2. The Bertz CT molecular complexity index is 262. The molecule has 5 heteroatoms. The van der Waals surface area contributed by atoms with E-state index in [9.17, 15) is 4.21 Å². The van der Waals surface area contributed by atoms with Gasteiger partial charge in [0.15, 0.2) is 11.1 Å². The van der Waals surface area contributed by atoms with Crippen LogP contribution in [0.3, 0.4) is 0 Å². The van der Waals surface area contributed by atoms with E-state index in [4.69, 9.17) is 4.55 Å². The molecular formula is C6H6BrNO2S. The van der Waals surface area contributed by atoms with Gasteiger partial charge in [0, 0.05) is 6.20 Å². The van der Waals surface area contributed by atoms with Crippen LogP contribution in [-0.2, 0) is 16.8 Å². The zero-order valence-electron chi connectivity index (χ0n) is 5.53. The van der Waals surface area contributed by atoms with Crippen LogP contribution >= 0.6 is 15.9 Å². The summed E-state index contributed by atoms with van der Waals surface area (Å²) in [7, 11) is 0. The van der Waals surface area contributed by atoms with Gasteiger partial charge in [0.05, 0.1) is 5.75 Å². The van der Waals surface area contributed by atoms with Crippen molar-refractivity contribution < 1.29 is 8.76 Å². The zero-order chi connectivity index (χ0) is 8.27. The van der Waals surface area contributed by atoms with Gasteiger partial charge in [-0.3, -0.25) is 0 Å². The molecule has 0 amide bonds. The molecule has 60 valence electrons. The maximum absolute atomic E-state index is 10.3. The number of rotatable bonds is 2. The second-order valence-corrected chi connectivity index (χ2v) is 3.70. The van der Waals surface area contributed by atoms with Crippen LogP contribution in [0.2, 0.25) is 0 Å². The average Bonchev–Trinajstić information content (AvgIpc) is 1.93. The Morgan fingerprint density at radius 1 is 1.64 bits per heavy atom. The fourth-order valence-corrected chi connectivity index (χ4v) is 1.32. The summed E-state index contributed by atoms with van der Waals surface area (Å²) in [6.07, 6.45) is 1.57. The molecule has 1 rings (SSSR count). The van der Waals surface area contributed by atoms with Crippen molar-refractivity contribution in [2.75, 3.05) is 0 Å².